The molecule has 29 heavy (non-hydrogen) atoms. The van der Waals surface area contributed by atoms with E-state index < -0.39 is 17.6 Å². The minimum atomic E-state index is -4.47. The Morgan fingerprint density at radius 2 is 2.03 bits per heavy atom. The molecule has 8 heteroatoms. The molecule has 0 fully saturated rings. The molecular formula is C21H18ClF3N2O2. The zero-order valence-electron chi connectivity index (χ0n) is 15.4. The molecule has 1 amide bonds. The van der Waals surface area contributed by atoms with E-state index in [-0.39, 0.29) is 10.6 Å². The van der Waals surface area contributed by atoms with Gasteiger partial charge in [-0.1, -0.05) is 11.6 Å². The lowest BCUT2D eigenvalue weighted by molar-refractivity contribution is -0.137. The third-order valence-electron chi connectivity index (χ3n) is 4.41. The van der Waals surface area contributed by atoms with E-state index in [0.717, 1.165) is 40.4 Å². The van der Waals surface area contributed by atoms with Crippen molar-refractivity contribution in [1.82, 2.24) is 10.3 Å². The van der Waals surface area contributed by atoms with E-state index in [1.165, 1.54) is 12.2 Å². The maximum absolute atomic E-state index is 12.8. The van der Waals surface area contributed by atoms with Crippen molar-refractivity contribution in [3.8, 4) is 5.75 Å². The van der Waals surface area contributed by atoms with Gasteiger partial charge in [-0.3, -0.25) is 4.79 Å². The number of halogens is 4. The molecule has 152 valence electrons. The molecule has 0 radical (unpaired) electrons. The molecule has 1 aromatic heterocycles. The first kappa shape index (κ1) is 20.8. The lowest BCUT2D eigenvalue weighted by atomic mass is 10.1. The van der Waals surface area contributed by atoms with Crippen molar-refractivity contribution >= 4 is 34.5 Å². The largest absolute Gasteiger partial charge is 0.497 e. The van der Waals surface area contributed by atoms with Gasteiger partial charge in [0.2, 0.25) is 5.91 Å². The van der Waals surface area contributed by atoms with Gasteiger partial charge in [-0.25, -0.2) is 0 Å². The SMILES string of the molecule is COc1ccc2[nH]cc(CCNC(=O)/C=C/c3cc(C(F)(F)F)ccc3Cl)c2c1. The fourth-order valence-corrected chi connectivity index (χ4v) is 3.06. The van der Waals surface area contributed by atoms with Gasteiger partial charge in [-0.2, -0.15) is 13.2 Å². The van der Waals surface area contributed by atoms with Crippen LogP contribution in [0.2, 0.25) is 5.02 Å². The molecule has 1 heterocycles. The Morgan fingerprint density at radius 1 is 1.24 bits per heavy atom. The van der Waals surface area contributed by atoms with Crippen molar-refractivity contribution in [2.45, 2.75) is 12.6 Å². The maximum Gasteiger partial charge on any atom is 0.416 e. The van der Waals surface area contributed by atoms with E-state index in [9.17, 15) is 18.0 Å². The standard InChI is InChI=1S/C21H18ClF3N2O2/c1-29-16-4-6-19-17(11-16)14(12-27-19)8-9-26-20(28)7-2-13-10-15(21(23,24)25)3-5-18(13)22/h2-7,10-12,27H,8-9H2,1H3,(H,26,28)/b7-2+. The summed E-state index contributed by atoms with van der Waals surface area (Å²) in [6, 6.07) is 8.65. The van der Waals surface area contributed by atoms with Crippen LogP contribution in [0.4, 0.5) is 13.2 Å². The Bertz CT molecular complexity index is 1060. The number of hydrogen-bond donors (Lipinski definition) is 2. The number of methoxy groups -OCH3 is 1. The summed E-state index contributed by atoms with van der Waals surface area (Å²) in [5, 5.41) is 3.85. The number of benzene rings is 2. The number of nitrogens with one attached hydrogen (secondary N) is 2. The highest BCUT2D eigenvalue weighted by atomic mass is 35.5. The van der Waals surface area contributed by atoms with Crippen molar-refractivity contribution in [2.75, 3.05) is 13.7 Å². The Kier molecular flexibility index (Phi) is 6.17. The number of H-pyrrole nitrogens is 1. The predicted octanol–water partition coefficient (Wildman–Crippen LogP) is 5.22. The van der Waals surface area contributed by atoms with Gasteiger partial charge in [0.15, 0.2) is 0 Å². The van der Waals surface area contributed by atoms with Crippen LogP contribution in [0.25, 0.3) is 17.0 Å². The molecule has 0 unspecified atom stereocenters. The summed E-state index contributed by atoms with van der Waals surface area (Å²) in [5.41, 5.74) is 1.28. The molecule has 2 N–H and O–H groups in total. The molecule has 3 rings (SSSR count). The van der Waals surface area contributed by atoms with Crippen LogP contribution in [0.1, 0.15) is 16.7 Å². The van der Waals surface area contributed by atoms with Crippen molar-refractivity contribution in [3.63, 3.8) is 0 Å². The highest BCUT2D eigenvalue weighted by molar-refractivity contribution is 6.32. The van der Waals surface area contributed by atoms with Gasteiger partial charge in [0.25, 0.3) is 0 Å². The minimum absolute atomic E-state index is 0.125. The number of hydrogen-bond acceptors (Lipinski definition) is 2. The maximum atomic E-state index is 12.8. The number of alkyl halides is 3. The van der Waals surface area contributed by atoms with Crippen molar-refractivity contribution in [1.29, 1.82) is 0 Å². The van der Waals surface area contributed by atoms with Gasteiger partial charge in [-0.05, 0) is 60.0 Å². The zero-order valence-corrected chi connectivity index (χ0v) is 16.2. The summed E-state index contributed by atoms with van der Waals surface area (Å²) >= 11 is 5.92. The second kappa shape index (κ2) is 8.61. The summed E-state index contributed by atoms with van der Waals surface area (Å²) in [6.07, 6.45) is 0.409. The van der Waals surface area contributed by atoms with Crippen molar-refractivity contribution in [2.24, 2.45) is 0 Å². The Balaban J connectivity index is 1.61. The summed E-state index contributed by atoms with van der Waals surface area (Å²) < 4.78 is 43.6. The van der Waals surface area contributed by atoms with Crippen LogP contribution in [0.15, 0.2) is 48.7 Å². The van der Waals surface area contributed by atoms with Crippen molar-refractivity contribution in [3.05, 3.63) is 70.4 Å². The Hall–Kier alpha value is -2.93. The minimum Gasteiger partial charge on any atom is -0.497 e. The van der Waals surface area contributed by atoms with E-state index in [1.54, 1.807) is 7.11 Å². The van der Waals surface area contributed by atoms with Gasteiger partial charge in [-0.15, -0.1) is 0 Å². The number of amides is 1. The normalized spacial score (nSPS) is 11.9. The lowest BCUT2D eigenvalue weighted by Gasteiger charge is -2.08. The lowest BCUT2D eigenvalue weighted by Crippen LogP contribution is -2.23. The number of rotatable bonds is 6. The monoisotopic (exact) mass is 422 g/mol. The molecule has 0 saturated heterocycles. The summed E-state index contributed by atoms with van der Waals surface area (Å²) in [7, 11) is 1.59. The van der Waals surface area contributed by atoms with Gasteiger partial charge < -0.3 is 15.0 Å². The molecule has 4 nitrogen and oxygen atoms in total. The van der Waals surface area contributed by atoms with Gasteiger partial charge in [0.05, 0.1) is 12.7 Å². The molecule has 0 atom stereocenters. The molecule has 0 aliphatic carbocycles. The second-order valence-electron chi connectivity index (χ2n) is 6.33. The van der Waals surface area contributed by atoms with Gasteiger partial charge in [0.1, 0.15) is 5.75 Å². The summed E-state index contributed by atoms with van der Waals surface area (Å²) in [6.45, 7) is 0.365. The van der Waals surface area contributed by atoms with Crippen LogP contribution in [0.3, 0.4) is 0 Å². The number of aromatic nitrogens is 1. The van der Waals surface area contributed by atoms with Crippen LogP contribution in [0, 0.1) is 0 Å². The first-order chi connectivity index (χ1) is 13.8. The number of fused-ring (bicyclic) bond motifs is 1. The van der Waals surface area contributed by atoms with E-state index in [0.29, 0.717) is 13.0 Å². The van der Waals surface area contributed by atoms with Crippen molar-refractivity contribution < 1.29 is 22.7 Å². The predicted molar refractivity (Wildman–Crippen MR) is 107 cm³/mol. The van der Waals surface area contributed by atoms with E-state index >= 15 is 0 Å². The smallest absolute Gasteiger partial charge is 0.416 e. The number of aromatic amines is 1. The molecule has 3 aromatic rings. The fourth-order valence-electron chi connectivity index (χ4n) is 2.88. The van der Waals surface area contributed by atoms with Crippen LogP contribution in [0.5, 0.6) is 5.75 Å². The van der Waals surface area contributed by atoms with E-state index in [4.69, 9.17) is 16.3 Å². The molecule has 0 bridgehead atoms. The summed E-state index contributed by atoms with van der Waals surface area (Å²) in [5.74, 6) is 0.319. The molecule has 0 aliphatic rings. The van der Waals surface area contributed by atoms with Gasteiger partial charge in [0, 0.05) is 34.7 Å². The topological polar surface area (TPSA) is 54.1 Å². The Morgan fingerprint density at radius 3 is 2.76 bits per heavy atom. The molecular weight excluding hydrogens is 405 g/mol. The average molecular weight is 423 g/mol. The summed E-state index contributed by atoms with van der Waals surface area (Å²) in [4.78, 5) is 15.2. The number of carbonyl (C=O) groups excluding carboxylic acids is 1. The molecule has 0 spiro atoms. The zero-order chi connectivity index (χ0) is 21.0. The van der Waals surface area contributed by atoms with Crippen LogP contribution in [-0.4, -0.2) is 24.5 Å². The third-order valence-corrected chi connectivity index (χ3v) is 4.75. The number of carbonyl (C=O) groups is 1. The quantitative estimate of drug-likeness (QED) is 0.535. The fraction of sp³-hybridized carbons (Fsp3) is 0.190. The average Bonchev–Trinajstić information content (AvgIpc) is 3.08. The van der Waals surface area contributed by atoms with Crippen LogP contribution >= 0.6 is 11.6 Å². The van der Waals surface area contributed by atoms with E-state index in [1.807, 2.05) is 24.4 Å². The van der Waals surface area contributed by atoms with Crippen LogP contribution < -0.4 is 10.1 Å². The highest BCUT2D eigenvalue weighted by Gasteiger charge is 2.30. The van der Waals surface area contributed by atoms with Gasteiger partial charge >= 0.3 is 6.18 Å². The first-order valence-corrected chi connectivity index (χ1v) is 9.12. The molecule has 0 aliphatic heterocycles. The van der Waals surface area contributed by atoms with E-state index in [2.05, 4.69) is 10.3 Å². The highest BCUT2D eigenvalue weighted by Crippen LogP contribution is 2.32. The van der Waals surface area contributed by atoms with Crippen LogP contribution in [-0.2, 0) is 17.4 Å². The molecule has 0 saturated carbocycles. The Labute approximate surface area is 170 Å². The second-order valence-corrected chi connectivity index (χ2v) is 6.74. The third kappa shape index (κ3) is 5.12. The molecule has 2 aromatic carbocycles. The first-order valence-electron chi connectivity index (χ1n) is 8.74. The number of ether oxygens (including phenoxy) is 1.